The van der Waals surface area contributed by atoms with E-state index >= 15 is 0 Å². The molecule has 0 heterocycles. The molecule has 0 saturated heterocycles. The second-order valence-corrected chi connectivity index (χ2v) is 7.71. The van der Waals surface area contributed by atoms with E-state index in [2.05, 4.69) is 11.6 Å². The fourth-order valence-electron chi connectivity index (χ4n) is 2.33. The Labute approximate surface area is 110 Å². The van der Waals surface area contributed by atoms with Gasteiger partial charge in [-0.1, -0.05) is 26.2 Å². The summed E-state index contributed by atoms with van der Waals surface area (Å²) in [5.41, 5.74) is 0.164. The van der Waals surface area contributed by atoms with Gasteiger partial charge < -0.3 is 0 Å². The maximum Gasteiger partial charge on any atom is 0.211 e. The molecule has 1 N–H and O–H groups in total. The van der Waals surface area contributed by atoms with Crippen molar-refractivity contribution in [2.24, 2.45) is 5.41 Å². The molecule has 17 heavy (non-hydrogen) atoms. The zero-order valence-electron chi connectivity index (χ0n) is 10.7. The Balaban J connectivity index is 2.32. The van der Waals surface area contributed by atoms with E-state index in [4.69, 9.17) is 11.6 Å². The van der Waals surface area contributed by atoms with E-state index in [1.54, 1.807) is 0 Å². The second-order valence-electron chi connectivity index (χ2n) is 5.41. The lowest BCUT2D eigenvalue weighted by molar-refractivity contribution is 0.219. The molecule has 1 aliphatic rings. The molecule has 0 atom stereocenters. The average Bonchev–Trinajstić information content (AvgIpc) is 2.28. The van der Waals surface area contributed by atoms with Crippen LogP contribution in [0.1, 0.15) is 51.9 Å². The monoisotopic (exact) mass is 281 g/mol. The Morgan fingerprint density at radius 1 is 1.18 bits per heavy atom. The van der Waals surface area contributed by atoms with Gasteiger partial charge in [-0.05, 0) is 31.1 Å². The summed E-state index contributed by atoms with van der Waals surface area (Å²) in [5.74, 6) is 0.739. The normalized spacial score (nSPS) is 20.4. The Kier molecular flexibility index (Phi) is 6.24. The third-order valence-electron chi connectivity index (χ3n) is 3.58. The van der Waals surface area contributed by atoms with E-state index < -0.39 is 10.0 Å². The number of nitrogens with one attached hydrogen (secondary N) is 1. The van der Waals surface area contributed by atoms with E-state index in [-0.39, 0.29) is 11.2 Å². The lowest BCUT2D eigenvalue weighted by atomic mass is 9.76. The first-order valence-electron chi connectivity index (χ1n) is 6.51. The number of alkyl halides is 1. The Morgan fingerprint density at radius 2 is 1.82 bits per heavy atom. The van der Waals surface area contributed by atoms with Gasteiger partial charge in [-0.3, -0.25) is 0 Å². The van der Waals surface area contributed by atoms with Crippen LogP contribution >= 0.6 is 11.6 Å². The molecule has 0 unspecified atom stereocenters. The predicted molar refractivity (Wildman–Crippen MR) is 72.9 cm³/mol. The van der Waals surface area contributed by atoms with Gasteiger partial charge in [0.25, 0.3) is 0 Å². The third kappa shape index (κ3) is 6.07. The smallest absolute Gasteiger partial charge is 0.211 e. The maximum absolute atomic E-state index is 11.7. The second kappa shape index (κ2) is 6.95. The number of halogens is 1. The molecule has 0 bridgehead atoms. The van der Waals surface area contributed by atoms with Gasteiger partial charge in [0.05, 0.1) is 5.75 Å². The summed E-state index contributed by atoms with van der Waals surface area (Å²) in [5, 5.41) is 0. The summed E-state index contributed by atoms with van der Waals surface area (Å²) in [6.45, 7) is 2.78. The molecule has 0 aliphatic heterocycles. The molecule has 1 rings (SSSR count). The number of sulfonamides is 1. The van der Waals surface area contributed by atoms with Crippen molar-refractivity contribution in [1.82, 2.24) is 4.72 Å². The fourth-order valence-corrected chi connectivity index (χ4v) is 3.81. The first-order valence-corrected chi connectivity index (χ1v) is 8.69. The van der Waals surface area contributed by atoms with Crippen molar-refractivity contribution in [1.29, 1.82) is 0 Å². The highest BCUT2D eigenvalue weighted by atomic mass is 35.5. The number of unbranched alkanes of at least 4 members (excludes halogenated alkanes) is 1. The summed E-state index contributed by atoms with van der Waals surface area (Å²) >= 11 is 5.54. The highest BCUT2D eigenvalue weighted by Gasteiger charge is 2.28. The van der Waals surface area contributed by atoms with Gasteiger partial charge in [-0.15, -0.1) is 11.6 Å². The van der Waals surface area contributed by atoms with Gasteiger partial charge in [0.15, 0.2) is 0 Å². The van der Waals surface area contributed by atoms with Crippen LogP contribution in [0.2, 0.25) is 0 Å². The van der Waals surface area contributed by atoms with Crippen molar-refractivity contribution >= 4 is 21.6 Å². The van der Waals surface area contributed by atoms with Gasteiger partial charge in [0.2, 0.25) is 10.0 Å². The molecular formula is C12H24ClNO2S. The molecule has 5 heteroatoms. The quantitative estimate of drug-likeness (QED) is 0.576. The standard InChI is InChI=1S/C12H24ClNO2S/c1-12(7-3-2-4-8-12)11-14-17(15,16)10-6-5-9-13/h14H,2-11H2,1H3. The fraction of sp³-hybridized carbons (Fsp3) is 1.00. The molecule has 0 aromatic carbocycles. The minimum atomic E-state index is -3.10. The molecule has 1 aliphatic carbocycles. The molecule has 102 valence electrons. The Morgan fingerprint density at radius 3 is 2.41 bits per heavy atom. The zero-order chi connectivity index (χ0) is 12.8. The van der Waals surface area contributed by atoms with Gasteiger partial charge in [0.1, 0.15) is 0 Å². The van der Waals surface area contributed by atoms with Crippen molar-refractivity contribution in [3.63, 3.8) is 0 Å². The van der Waals surface area contributed by atoms with Crippen molar-refractivity contribution < 1.29 is 8.42 Å². The van der Waals surface area contributed by atoms with Crippen LogP contribution in [0.25, 0.3) is 0 Å². The van der Waals surface area contributed by atoms with Crippen molar-refractivity contribution in [2.45, 2.75) is 51.9 Å². The largest absolute Gasteiger partial charge is 0.215 e. The average molecular weight is 282 g/mol. The summed E-state index contributed by atoms with van der Waals surface area (Å²) in [6, 6.07) is 0. The van der Waals surface area contributed by atoms with Crippen molar-refractivity contribution in [3.8, 4) is 0 Å². The van der Waals surface area contributed by atoms with E-state index in [1.165, 1.54) is 19.3 Å². The van der Waals surface area contributed by atoms with Crippen LogP contribution < -0.4 is 4.72 Å². The highest BCUT2D eigenvalue weighted by Crippen LogP contribution is 2.35. The lowest BCUT2D eigenvalue weighted by Gasteiger charge is -2.33. The third-order valence-corrected chi connectivity index (χ3v) is 5.25. The zero-order valence-corrected chi connectivity index (χ0v) is 12.2. The minimum absolute atomic E-state index is 0.164. The molecular weight excluding hydrogens is 258 g/mol. The van der Waals surface area contributed by atoms with Crippen LogP contribution in [-0.4, -0.2) is 26.6 Å². The SMILES string of the molecule is CC1(CNS(=O)(=O)CCCCCl)CCCCC1. The summed E-state index contributed by atoms with van der Waals surface area (Å²) in [7, 11) is -3.10. The first kappa shape index (κ1) is 15.3. The van der Waals surface area contributed by atoms with Crippen LogP contribution in [0, 0.1) is 5.41 Å². The summed E-state index contributed by atoms with van der Waals surface area (Å²) < 4.78 is 26.2. The van der Waals surface area contributed by atoms with Crippen molar-refractivity contribution in [3.05, 3.63) is 0 Å². The minimum Gasteiger partial charge on any atom is -0.215 e. The van der Waals surface area contributed by atoms with E-state index in [9.17, 15) is 8.42 Å². The topological polar surface area (TPSA) is 46.2 Å². The first-order chi connectivity index (χ1) is 7.97. The number of hydrogen-bond donors (Lipinski definition) is 1. The Hall–Kier alpha value is 0.200. The van der Waals surface area contributed by atoms with Crippen LogP contribution in [0.15, 0.2) is 0 Å². The van der Waals surface area contributed by atoms with E-state index in [1.807, 2.05) is 0 Å². The molecule has 1 saturated carbocycles. The van der Waals surface area contributed by atoms with Gasteiger partial charge in [-0.25, -0.2) is 13.1 Å². The van der Waals surface area contributed by atoms with Crippen LogP contribution in [0.3, 0.4) is 0 Å². The van der Waals surface area contributed by atoms with Crippen LogP contribution in [0.4, 0.5) is 0 Å². The maximum atomic E-state index is 11.7. The Bertz CT molecular complexity index is 310. The molecule has 3 nitrogen and oxygen atoms in total. The van der Waals surface area contributed by atoms with Gasteiger partial charge in [-0.2, -0.15) is 0 Å². The highest BCUT2D eigenvalue weighted by molar-refractivity contribution is 7.89. The van der Waals surface area contributed by atoms with Crippen molar-refractivity contribution in [2.75, 3.05) is 18.2 Å². The molecule has 0 aromatic rings. The van der Waals surface area contributed by atoms with E-state index in [0.29, 0.717) is 18.8 Å². The number of rotatable bonds is 7. The molecule has 0 amide bonds. The molecule has 0 aromatic heterocycles. The van der Waals surface area contributed by atoms with Crippen LogP contribution in [0.5, 0.6) is 0 Å². The summed E-state index contributed by atoms with van der Waals surface area (Å²) in [4.78, 5) is 0. The molecule has 0 spiro atoms. The van der Waals surface area contributed by atoms with E-state index in [0.717, 1.165) is 19.3 Å². The van der Waals surface area contributed by atoms with Gasteiger partial charge in [0, 0.05) is 12.4 Å². The van der Waals surface area contributed by atoms with Crippen LogP contribution in [-0.2, 0) is 10.0 Å². The predicted octanol–water partition coefficient (Wildman–Crippen LogP) is 2.90. The van der Waals surface area contributed by atoms with Gasteiger partial charge >= 0.3 is 0 Å². The molecule has 0 radical (unpaired) electrons. The lowest BCUT2D eigenvalue weighted by Crippen LogP contribution is -2.38. The molecule has 1 fully saturated rings. The summed E-state index contributed by atoms with van der Waals surface area (Å²) in [6.07, 6.45) is 7.43. The number of hydrogen-bond acceptors (Lipinski definition) is 2.